The van der Waals surface area contributed by atoms with Crippen LogP contribution in [0.1, 0.15) is 25.0 Å². The summed E-state index contributed by atoms with van der Waals surface area (Å²) in [6.07, 6.45) is 0.218. The van der Waals surface area contributed by atoms with Crippen LogP contribution in [0.4, 0.5) is 0 Å². The first-order chi connectivity index (χ1) is 7.69. The minimum Gasteiger partial charge on any atom is -0.496 e. The third-order valence-corrected chi connectivity index (χ3v) is 2.25. The normalized spacial score (nSPS) is 10.8. The Bertz CT molecular complexity index is 321. The first-order valence-electron chi connectivity index (χ1n) is 5.44. The average molecular weight is 224 g/mol. The topological polar surface area (TPSA) is 27.7 Å². The minimum atomic E-state index is 0.218. The summed E-state index contributed by atoms with van der Waals surface area (Å²) in [5.41, 5.74) is 2.11. The average Bonchev–Trinajstić information content (AvgIpc) is 2.27. The van der Waals surface area contributed by atoms with Crippen molar-refractivity contribution in [3.63, 3.8) is 0 Å². The van der Waals surface area contributed by atoms with Crippen molar-refractivity contribution >= 4 is 0 Å². The van der Waals surface area contributed by atoms with Crippen LogP contribution < -0.4 is 4.74 Å². The molecule has 16 heavy (non-hydrogen) atoms. The quantitative estimate of drug-likeness (QED) is 0.743. The predicted octanol–water partition coefficient (Wildman–Crippen LogP) is 2.77. The van der Waals surface area contributed by atoms with Gasteiger partial charge in [-0.15, -0.1) is 0 Å². The Morgan fingerprint density at radius 1 is 1.06 bits per heavy atom. The molecule has 1 aromatic rings. The molecule has 0 heterocycles. The molecule has 1 aromatic carbocycles. The number of benzene rings is 1. The molecule has 0 fully saturated rings. The van der Waals surface area contributed by atoms with E-state index in [1.165, 1.54) is 0 Å². The van der Waals surface area contributed by atoms with Gasteiger partial charge in [0.2, 0.25) is 0 Å². The predicted molar refractivity (Wildman–Crippen MR) is 63.6 cm³/mol. The van der Waals surface area contributed by atoms with Crippen molar-refractivity contribution in [1.82, 2.24) is 0 Å². The highest BCUT2D eigenvalue weighted by Crippen LogP contribution is 2.25. The Balaban J connectivity index is 2.85. The number of hydrogen-bond donors (Lipinski definition) is 0. The Kier molecular flexibility index (Phi) is 5.29. The first-order valence-corrected chi connectivity index (χ1v) is 5.44. The van der Waals surface area contributed by atoms with Crippen LogP contribution in [0.2, 0.25) is 0 Å². The van der Waals surface area contributed by atoms with E-state index < -0.39 is 0 Å². The van der Waals surface area contributed by atoms with Crippen LogP contribution in [-0.4, -0.2) is 20.3 Å². The summed E-state index contributed by atoms with van der Waals surface area (Å²) in [6, 6.07) is 6.01. The third-order valence-electron chi connectivity index (χ3n) is 2.25. The molecule has 0 aliphatic carbocycles. The Morgan fingerprint density at radius 2 is 1.69 bits per heavy atom. The molecule has 0 aliphatic heterocycles. The van der Waals surface area contributed by atoms with Gasteiger partial charge in [0.25, 0.3) is 0 Å². The highest BCUT2D eigenvalue weighted by atomic mass is 16.5. The van der Waals surface area contributed by atoms with Gasteiger partial charge < -0.3 is 14.2 Å². The summed E-state index contributed by atoms with van der Waals surface area (Å²) in [7, 11) is 3.35. The van der Waals surface area contributed by atoms with E-state index in [0.29, 0.717) is 13.2 Å². The second-order valence-corrected chi connectivity index (χ2v) is 3.90. The fourth-order valence-electron chi connectivity index (χ4n) is 1.54. The number of rotatable bonds is 6. The van der Waals surface area contributed by atoms with E-state index in [-0.39, 0.29) is 6.10 Å². The maximum absolute atomic E-state index is 5.58. The maximum Gasteiger partial charge on any atom is 0.129 e. The molecule has 0 saturated carbocycles. The number of para-hydroxylation sites is 1. The molecular formula is C13H20O3. The second-order valence-electron chi connectivity index (χ2n) is 3.90. The van der Waals surface area contributed by atoms with Gasteiger partial charge in [-0.3, -0.25) is 0 Å². The molecule has 0 atom stereocenters. The lowest BCUT2D eigenvalue weighted by Crippen LogP contribution is -2.05. The summed E-state index contributed by atoms with van der Waals surface area (Å²) >= 11 is 0. The summed E-state index contributed by atoms with van der Waals surface area (Å²) in [4.78, 5) is 0. The molecule has 0 N–H and O–H groups in total. The van der Waals surface area contributed by atoms with Crippen LogP contribution in [-0.2, 0) is 22.7 Å². The molecule has 0 unspecified atom stereocenters. The van der Waals surface area contributed by atoms with E-state index in [1.807, 2.05) is 32.0 Å². The van der Waals surface area contributed by atoms with E-state index in [0.717, 1.165) is 16.9 Å². The lowest BCUT2D eigenvalue weighted by Gasteiger charge is -2.14. The highest BCUT2D eigenvalue weighted by Gasteiger charge is 2.09. The van der Waals surface area contributed by atoms with Crippen molar-refractivity contribution in [1.29, 1.82) is 0 Å². The lowest BCUT2D eigenvalue weighted by molar-refractivity contribution is 0.0642. The third kappa shape index (κ3) is 3.51. The molecular weight excluding hydrogens is 204 g/mol. The van der Waals surface area contributed by atoms with Crippen LogP contribution in [0.15, 0.2) is 18.2 Å². The largest absolute Gasteiger partial charge is 0.496 e. The van der Waals surface area contributed by atoms with Gasteiger partial charge in [-0.1, -0.05) is 18.2 Å². The molecule has 0 spiro atoms. The number of methoxy groups -OCH3 is 2. The molecule has 3 nitrogen and oxygen atoms in total. The first kappa shape index (κ1) is 13.0. The standard InChI is InChI=1S/C13H20O3/c1-10(2)16-9-12-7-5-6-11(8-14-3)13(12)15-4/h5-7,10H,8-9H2,1-4H3. The number of hydrogen-bond acceptors (Lipinski definition) is 3. The van der Waals surface area contributed by atoms with Crippen LogP contribution in [0.5, 0.6) is 5.75 Å². The lowest BCUT2D eigenvalue weighted by atomic mass is 10.1. The summed E-state index contributed by atoms with van der Waals surface area (Å²) in [6.45, 7) is 5.16. The molecule has 0 radical (unpaired) electrons. The van der Waals surface area contributed by atoms with Crippen LogP contribution in [0.3, 0.4) is 0 Å². The summed E-state index contributed by atoms with van der Waals surface area (Å²) in [5, 5.41) is 0. The Morgan fingerprint density at radius 3 is 2.19 bits per heavy atom. The van der Waals surface area contributed by atoms with Crippen molar-refractivity contribution in [2.24, 2.45) is 0 Å². The van der Waals surface area contributed by atoms with Crippen molar-refractivity contribution in [3.8, 4) is 5.75 Å². The van der Waals surface area contributed by atoms with E-state index in [1.54, 1.807) is 14.2 Å². The Hall–Kier alpha value is -1.06. The van der Waals surface area contributed by atoms with Gasteiger partial charge in [-0.2, -0.15) is 0 Å². The molecule has 0 aromatic heterocycles. The van der Waals surface area contributed by atoms with Gasteiger partial charge in [0.15, 0.2) is 0 Å². The van der Waals surface area contributed by atoms with Gasteiger partial charge in [-0.25, -0.2) is 0 Å². The molecule has 1 rings (SSSR count). The number of ether oxygens (including phenoxy) is 3. The van der Waals surface area contributed by atoms with Gasteiger partial charge in [0.05, 0.1) is 26.4 Å². The van der Waals surface area contributed by atoms with Crippen LogP contribution >= 0.6 is 0 Å². The summed E-state index contributed by atoms with van der Waals surface area (Å²) in [5.74, 6) is 0.866. The molecule has 0 saturated heterocycles. The molecule has 0 amide bonds. The molecule has 0 aliphatic rings. The SMILES string of the molecule is COCc1cccc(COC(C)C)c1OC. The van der Waals surface area contributed by atoms with Gasteiger partial charge in [0, 0.05) is 18.2 Å². The van der Waals surface area contributed by atoms with E-state index >= 15 is 0 Å². The van der Waals surface area contributed by atoms with E-state index in [2.05, 4.69) is 0 Å². The molecule has 3 heteroatoms. The zero-order chi connectivity index (χ0) is 12.0. The fraction of sp³-hybridized carbons (Fsp3) is 0.538. The highest BCUT2D eigenvalue weighted by molar-refractivity contribution is 5.40. The monoisotopic (exact) mass is 224 g/mol. The van der Waals surface area contributed by atoms with Crippen molar-refractivity contribution in [2.75, 3.05) is 14.2 Å². The smallest absolute Gasteiger partial charge is 0.129 e. The minimum absolute atomic E-state index is 0.218. The maximum atomic E-state index is 5.58. The van der Waals surface area contributed by atoms with E-state index in [9.17, 15) is 0 Å². The van der Waals surface area contributed by atoms with Crippen LogP contribution in [0.25, 0.3) is 0 Å². The van der Waals surface area contributed by atoms with Crippen molar-refractivity contribution in [2.45, 2.75) is 33.2 Å². The summed E-state index contributed by atoms with van der Waals surface area (Å²) < 4.78 is 16.1. The van der Waals surface area contributed by atoms with Gasteiger partial charge in [-0.05, 0) is 13.8 Å². The zero-order valence-electron chi connectivity index (χ0n) is 10.4. The van der Waals surface area contributed by atoms with Crippen LogP contribution in [0, 0.1) is 0 Å². The molecule has 90 valence electrons. The Labute approximate surface area is 97.3 Å². The fourth-order valence-corrected chi connectivity index (χ4v) is 1.54. The van der Waals surface area contributed by atoms with E-state index in [4.69, 9.17) is 14.2 Å². The van der Waals surface area contributed by atoms with Crippen molar-refractivity contribution < 1.29 is 14.2 Å². The van der Waals surface area contributed by atoms with Gasteiger partial charge in [0.1, 0.15) is 5.75 Å². The second kappa shape index (κ2) is 6.51. The zero-order valence-corrected chi connectivity index (χ0v) is 10.4. The molecule has 0 bridgehead atoms. The van der Waals surface area contributed by atoms with Gasteiger partial charge >= 0.3 is 0 Å². The van der Waals surface area contributed by atoms with Crippen molar-refractivity contribution in [3.05, 3.63) is 29.3 Å².